The van der Waals surface area contributed by atoms with Crippen LogP contribution in [0.15, 0.2) is 0 Å². The Morgan fingerprint density at radius 1 is 1.12 bits per heavy atom. The number of hydrogen-bond donors (Lipinski definition) is 1. The minimum Gasteiger partial charge on any atom is -0.196 e. The van der Waals surface area contributed by atoms with Gasteiger partial charge in [-0.1, -0.05) is 32.1 Å². The van der Waals surface area contributed by atoms with Crippen LogP contribution >= 0.6 is 0 Å². The van der Waals surface area contributed by atoms with Crippen LogP contribution in [-0.4, -0.2) is 32.4 Å². The second kappa shape index (κ2) is 5.80. The molecule has 98 valence electrons. The van der Waals surface area contributed by atoms with E-state index >= 15 is 0 Å². The molecule has 0 aromatic carbocycles. The summed E-state index contributed by atoms with van der Waals surface area (Å²) in [6.45, 7) is 0. The van der Waals surface area contributed by atoms with Crippen molar-refractivity contribution >= 4 is 10.2 Å². The van der Waals surface area contributed by atoms with Crippen molar-refractivity contribution in [2.45, 2.75) is 50.5 Å². The van der Waals surface area contributed by atoms with Gasteiger partial charge in [-0.3, -0.25) is 0 Å². The van der Waals surface area contributed by atoms with Crippen molar-refractivity contribution in [3.05, 3.63) is 0 Å². The molecular weight excluding hydrogens is 238 g/mol. The van der Waals surface area contributed by atoms with Crippen molar-refractivity contribution in [2.75, 3.05) is 14.1 Å². The van der Waals surface area contributed by atoms with E-state index in [2.05, 4.69) is 10.8 Å². The van der Waals surface area contributed by atoms with Gasteiger partial charge in [-0.2, -0.15) is 22.7 Å². The maximum Gasteiger partial charge on any atom is 0.280 e. The third-order valence-corrected chi connectivity index (χ3v) is 4.84. The van der Waals surface area contributed by atoms with Crippen LogP contribution in [0.5, 0.6) is 0 Å². The fourth-order valence-corrected chi connectivity index (χ4v) is 3.01. The lowest BCUT2D eigenvalue weighted by atomic mass is 9.86. The Bertz CT molecular complexity index is 376. The Labute approximate surface area is 104 Å². The summed E-state index contributed by atoms with van der Waals surface area (Å²) in [6.07, 6.45) is 6.36. The van der Waals surface area contributed by atoms with Gasteiger partial charge in [0.1, 0.15) is 5.54 Å². The molecule has 0 amide bonds. The molecule has 5 nitrogen and oxygen atoms in total. The first-order valence-corrected chi connectivity index (χ1v) is 7.49. The quantitative estimate of drug-likeness (QED) is 0.832. The van der Waals surface area contributed by atoms with E-state index < -0.39 is 15.7 Å². The van der Waals surface area contributed by atoms with E-state index in [1.807, 2.05) is 0 Å². The summed E-state index contributed by atoms with van der Waals surface area (Å²) in [5, 5.41) is 9.31. The molecule has 1 aliphatic carbocycles. The first kappa shape index (κ1) is 14.4. The molecule has 1 fully saturated rings. The van der Waals surface area contributed by atoms with Crippen LogP contribution in [0.3, 0.4) is 0 Å². The fourth-order valence-electron chi connectivity index (χ4n) is 2.08. The average Bonchev–Trinajstić information content (AvgIpc) is 2.22. The number of nitrogens with zero attached hydrogens (tertiary/aromatic N) is 2. The van der Waals surface area contributed by atoms with Gasteiger partial charge in [-0.25, -0.2) is 0 Å². The van der Waals surface area contributed by atoms with Crippen LogP contribution in [0.1, 0.15) is 44.9 Å². The second-order valence-corrected chi connectivity index (χ2v) is 6.74. The Morgan fingerprint density at radius 2 is 1.59 bits per heavy atom. The zero-order chi connectivity index (χ0) is 12.9. The zero-order valence-electron chi connectivity index (χ0n) is 10.6. The van der Waals surface area contributed by atoms with Gasteiger partial charge in [0.05, 0.1) is 6.07 Å². The summed E-state index contributed by atoms with van der Waals surface area (Å²) in [5.41, 5.74) is -0.913. The summed E-state index contributed by atoms with van der Waals surface area (Å²) in [7, 11) is -0.598. The molecule has 0 heterocycles. The van der Waals surface area contributed by atoms with E-state index in [1.165, 1.54) is 20.5 Å². The molecule has 0 atom stereocenters. The molecule has 1 saturated carbocycles. The molecule has 1 rings (SSSR count). The maximum absolute atomic E-state index is 11.8. The highest BCUT2D eigenvalue weighted by Gasteiger charge is 2.35. The first-order chi connectivity index (χ1) is 7.92. The van der Waals surface area contributed by atoms with Gasteiger partial charge in [-0.15, -0.1) is 0 Å². The van der Waals surface area contributed by atoms with Crippen LogP contribution in [0.2, 0.25) is 0 Å². The number of nitrogens with one attached hydrogen (secondary N) is 1. The zero-order valence-corrected chi connectivity index (χ0v) is 11.4. The molecular formula is C11H21N3O2S. The Kier molecular flexibility index (Phi) is 4.92. The molecule has 1 N–H and O–H groups in total. The van der Waals surface area contributed by atoms with E-state index in [-0.39, 0.29) is 0 Å². The minimum absolute atomic E-state index is 0.608. The number of nitriles is 1. The Morgan fingerprint density at radius 3 is 2.00 bits per heavy atom. The van der Waals surface area contributed by atoms with E-state index in [9.17, 15) is 13.7 Å². The molecule has 0 radical (unpaired) electrons. The fraction of sp³-hybridized carbons (Fsp3) is 0.909. The number of rotatable bonds is 3. The van der Waals surface area contributed by atoms with Gasteiger partial charge in [0, 0.05) is 14.1 Å². The molecule has 0 aromatic heterocycles. The van der Waals surface area contributed by atoms with E-state index in [0.29, 0.717) is 12.8 Å². The summed E-state index contributed by atoms with van der Waals surface area (Å²) in [5.74, 6) is 0. The monoisotopic (exact) mass is 259 g/mol. The van der Waals surface area contributed by atoms with Crippen molar-refractivity contribution in [3.8, 4) is 6.07 Å². The van der Waals surface area contributed by atoms with Crippen LogP contribution in [0.25, 0.3) is 0 Å². The number of hydrogen-bond acceptors (Lipinski definition) is 3. The van der Waals surface area contributed by atoms with Gasteiger partial charge >= 0.3 is 0 Å². The van der Waals surface area contributed by atoms with Crippen molar-refractivity contribution in [2.24, 2.45) is 0 Å². The summed E-state index contributed by atoms with van der Waals surface area (Å²) in [6, 6.07) is 2.18. The lowest BCUT2D eigenvalue weighted by molar-refractivity contribution is 0.349. The van der Waals surface area contributed by atoms with Crippen molar-refractivity contribution in [1.29, 1.82) is 5.26 Å². The van der Waals surface area contributed by atoms with Gasteiger partial charge in [0.2, 0.25) is 0 Å². The lowest BCUT2D eigenvalue weighted by Gasteiger charge is -2.30. The molecule has 0 aromatic rings. The van der Waals surface area contributed by atoms with Gasteiger partial charge < -0.3 is 0 Å². The third kappa shape index (κ3) is 3.95. The van der Waals surface area contributed by atoms with E-state index in [0.717, 1.165) is 30.0 Å². The first-order valence-electron chi connectivity index (χ1n) is 6.05. The van der Waals surface area contributed by atoms with E-state index in [1.54, 1.807) is 0 Å². The van der Waals surface area contributed by atoms with E-state index in [4.69, 9.17) is 0 Å². The molecule has 0 bridgehead atoms. The van der Waals surface area contributed by atoms with Crippen molar-refractivity contribution in [3.63, 3.8) is 0 Å². The molecule has 0 unspecified atom stereocenters. The maximum atomic E-state index is 11.8. The highest BCUT2D eigenvalue weighted by Crippen LogP contribution is 2.26. The summed E-state index contributed by atoms with van der Waals surface area (Å²) < 4.78 is 27.3. The minimum atomic E-state index is -3.54. The van der Waals surface area contributed by atoms with Gasteiger partial charge in [0.15, 0.2) is 0 Å². The van der Waals surface area contributed by atoms with Crippen molar-refractivity contribution in [1.82, 2.24) is 9.03 Å². The third-order valence-electron chi connectivity index (χ3n) is 3.23. The smallest absolute Gasteiger partial charge is 0.196 e. The highest BCUT2D eigenvalue weighted by atomic mass is 32.2. The average molecular weight is 259 g/mol. The largest absolute Gasteiger partial charge is 0.280 e. The molecule has 17 heavy (non-hydrogen) atoms. The Balaban J connectivity index is 2.84. The molecule has 0 spiro atoms. The normalized spacial score (nSPS) is 21.5. The Hall–Kier alpha value is -0.640. The SMILES string of the molecule is CN(C)S(=O)(=O)NC1(C#N)CCCCCCC1. The molecule has 0 saturated heterocycles. The topological polar surface area (TPSA) is 73.2 Å². The molecule has 1 aliphatic rings. The summed E-state index contributed by atoms with van der Waals surface area (Å²) >= 11 is 0. The molecule has 0 aliphatic heterocycles. The van der Waals surface area contributed by atoms with Crippen molar-refractivity contribution < 1.29 is 8.42 Å². The van der Waals surface area contributed by atoms with Crippen LogP contribution in [-0.2, 0) is 10.2 Å². The standard InChI is InChI=1S/C11H21N3O2S/c1-14(2)17(15,16)13-11(10-12)8-6-4-3-5-7-9-11/h13H,3-9H2,1-2H3. The van der Waals surface area contributed by atoms with Gasteiger partial charge in [-0.05, 0) is 12.8 Å². The second-order valence-electron chi connectivity index (χ2n) is 4.85. The van der Waals surface area contributed by atoms with Crippen LogP contribution in [0.4, 0.5) is 0 Å². The van der Waals surface area contributed by atoms with Crippen LogP contribution in [0, 0.1) is 11.3 Å². The summed E-state index contributed by atoms with van der Waals surface area (Å²) in [4.78, 5) is 0. The highest BCUT2D eigenvalue weighted by molar-refractivity contribution is 7.87. The lowest BCUT2D eigenvalue weighted by Crippen LogP contribution is -2.51. The van der Waals surface area contributed by atoms with Gasteiger partial charge in [0.25, 0.3) is 10.2 Å². The van der Waals surface area contributed by atoms with Crippen LogP contribution < -0.4 is 4.72 Å². The predicted molar refractivity (Wildman–Crippen MR) is 66.4 cm³/mol. The molecule has 6 heteroatoms. The predicted octanol–water partition coefficient (Wildman–Crippen LogP) is 1.39.